The molecule has 0 saturated carbocycles. The van der Waals surface area contributed by atoms with Crippen molar-refractivity contribution in [2.24, 2.45) is 0 Å². The van der Waals surface area contributed by atoms with Gasteiger partial charge >= 0.3 is 0 Å². The average molecular weight is 298 g/mol. The molecule has 1 atom stereocenters. The minimum absolute atomic E-state index is 0.584. The first-order chi connectivity index (χ1) is 9.75. The highest BCUT2D eigenvalue weighted by Gasteiger charge is 2.11. The smallest absolute Gasteiger partial charge is 0.122 e. The van der Waals surface area contributed by atoms with Gasteiger partial charge in [0.15, 0.2) is 0 Å². The lowest BCUT2D eigenvalue weighted by atomic mass is 10.0. The maximum atomic E-state index is 5.91. The van der Waals surface area contributed by atoms with Gasteiger partial charge in [-0.05, 0) is 56.5 Å². The second kappa shape index (κ2) is 8.50. The molecule has 2 rings (SSSR count). The Hall–Kier alpha value is -0.770. The summed E-state index contributed by atoms with van der Waals surface area (Å²) in [6.45, 7) is 5.18. The van der Waals surface area contributed by atoms with Crippen molar-refractivity contribution in [1.82, 2.24) is 5.32 Å². The van der Waals surface area contributed by atoms with Gasteiger partial charge in [-0.3, -0.25) is 0 Å². The van der Waals surface area contributed by atoms with Gasteiger partial charge in [0.2, 0.25) is 0 Å². The van der Waals surface area contributed by atoms with E-state index in [1.807, 2.05) is 25.1 Å². The molecular formula is C16H24ClNO2. The van der Waals surface area contributed by atoms with E-state index >= 15 is 0 Å². The summed E-state index contributed by atoms with van der Waals surface area (Å²) in [6, 6.07) is 6.30. The molecule has 1 aliphatic rings. The Balaban J connectivity index is 1.55. The number of nitrogens with one attached hydrogen (secondary N) is 1. The Kier molecular flexibility index (Phi) is 6.64. The van der Waals surface area contributed by atoms with E-state index in [1.165, 1.54) is 19.3 Å². The third kappa shape index (κ3) is 5.31. The molecule has 112 valence electrons. The Morgan fingerprint density at radius 2 is 2.15 bits per heavy atom. The van der Waals surface area contributed by atoms with Crippen LogP contribution in [0.2, 0.25) is 5.02 Å². The summed E-state index contributed by atoms with van der Waals surface area (Å²) in [7, 11) is 0. The van der Waals surface area contributed by atoms with Crippen molar-refractivity contribution in [1.29, 1.82) is 0 Å². The molecule has 1 unspecified atom stereocenters. The zero-order valence-electron chi connectivity index (χ0n) is 12.2. The fourth-order valence-corrected chi connectivity index (χ4v) is 2.71. The monoisotopic (exact) mass is 297 g/mol. The van der Waals surface area contributed by atoms with Gasteiger partial charge in [0.05, 0.1) is 6.61 Å². The Morgan fingerprint density at radius 3 is 2.90 bits per heavy atom. The zero-order chi connectivity index (χ0) is 14.2. The van der Waals surface area contributed by atoms with E-state index in [0.29, 0.717) is 19.3 Å². The second-order valence-corrected chi connectivity index (χ2v) is 5.74. The van der Waals surface area contributed by atoms with Crippen molar-refractivity contribution < 1.29 is 9.47 Å². The molecule has 1 fully saturated rings. The lowest BCUT2D eigenvalue weighted by Gasteiger charge is -2.23. The maximum Gasteiger partial charge on any atom is 0.122 e. The Morgan fingerprint density at radius 1 is 1.25 bits per heavy atom. The number of piperidine rings is 1. The van der Waals surface area contributed by atoms with Crippen LogP contribution in [0.3, 0.4) is 0 Å². The first-order valence-electron chi connectivity index (χ1n) is 7.46. The van der Waals surface area contributed by atoms with E-state index in [4.69, 9.17) is 21.1 Å². The van der Waals surface area contributed by atoms with E-state index < -0.39 is 0 Å². The van der Waals surface area contributed by atoms with E-state index in [0.717, 1.165) is 35.9 Å². The van der Waals surface area contributed by atoms with Crippen LogP contribution < -0.4 is 10.1 Å². The summed E-state index contributed by atoms with van der Waals surface area (Å²) in [4.78, 5) is 0. The minimum Gasteiger partial charge on any atom is -0.491 e. The SMILES string of the molecule is Cc1cc(Cl)ccc1OCCOCCC1CCCCN1. The fraction of sp³-hybridized carbons (Fsp3) is 0.625. The molecule has 1 N–H and O–H groups in total. The van der Waals surface area contributed by atoms with Crippen LogP contribution in [0.1, 0.15) is 31.2 Å². The first kappa shape index (κ1) is 15.6. The molecule has 1 aromatic rings. The van der Waals surface area contributed by atoms with Crippen LogP contribution in [0.4, 0.5) is 0 Å². The van der Waals surface area contributed by atoms with Crippen molar-refractivity contribution >= 4 is 11.6 Å². The highest BCUT2D eigenvalue weighted by molar-refractivity contribution is 6.30. The summed E-state index contributed by atoms with van der Waals surface area (Å²) < 4.78 is 11.3. The second-order valence-electron chi connectivity index (χ2n) is 5.31. The number of benzene rings is 1. The number of halogens is 1. The molecule has 3 nitrogen and oxygen atoms in total. The number of ether oxygens (including phenoxy) is 2. The van der Waals surface area contributed by atoms with E-state index in [9.17, 15) is 0 Å². The molecule has 1 aromatic carbocycles. The van der Waals surface area contributed by atoms with Gasteiger partial charge in [-0.1, -0.05) is 18.0 Å². The van der Waals surface area contributed by atoms with Gasteiger partial charge in [0.1, 0.15) is 12.4 Å². The molecule has 20 heavy (non-hydrogen) atoms. The van der Waals surface area contributed by atoms with Crippen LogP contribution in [-0.2, 0) is 4.74 Å². The van der Waals surface area contributed by atoms with Crippen LogP contribution >= 0.6 is 11.6 Å². The number of aryl methyl sites for hydroxylation is 1. The lowest BCUT2D eigenvalue weighted by Crippen LogP contribution is -2.34. The standard InChI is InChI=1S/C16H24ClNO2/c1-13-12-14(17)5-6-16(13)20-11-10-19-9-7-15-4-2-3-8-18-15/h5-6,12,15,18H,2-4,7-11H2,1H3. The first-order valence-corrected chi connectivity index (χ1v) is 7.83. The predicted octanol–water partition coefficient (Wildman–Crippen LogP) is 3.58. The van der Waals surface area contributed by atoms with Crippen molar-refractivity contribution in [3.63, 3.8) is 0 Å². The largest absolute Gasteiger partial charge is 0.491 e. The topological polar surface area (TPSA) is 30.5 Å². The minimum atomic E-state index is 0.584. The van der Waals surface area contributed by atoms with Gasteiger partial charge in [0, 0.05) is 17.7 Å². The Bertz CT molecular complexity index is 405. The molecule has 1 aliphatic heterocycles. The summed E-state index contributed by atoms with van der Waals surface area (Å²) in [5.41, 5.74) is 1.06. The highest BCUT2D eigenvalue weighted by atomic mass is 35.5. The van der Waals surface area contributed by atoms with E-state index in [1.54, 1.807) is 0 Å². The van der Waals surface area contributed by atoms with Crippen LogP contribution in [0.15, 0.2) is 18.2 Å². The van der Waals surface area contributed by atoms with Crippen LogP contribution in [-0.4, -0.2) is 32.4 Å². The molecule has 0 aromatic heterocycles. The summed E-state index contributed by atoms with van der Waals surface area (Å²) >= 11 is 5.91. The molecule has 0 aliphatic carbocycles. The molecular weight excluding hydrogens is 274 g/mol. The third-order valence-corrected chi connectivity index (χ3v) is 3.88. The molecule has 0 spiro atoms. The van der Waals surface area contributed by atoms with Gasteiger partial charge in [0.25, 0.3) is 0 Å². The summed E-state index contributed by atoms with van der Waals surface area (Å²) in [5, 5.41) is 4.27. The normalized spacial score (nSPS) is 19.0. The van der Waals surface area contributed by atoms with Gasteiger partial charge in [-0.25, -0.2) is 0 Å². The van der Waals surface area contributed by atoms with Crippen molar-refractivity contribution in [3.05, 3.63) is 28.8 Å². The molecule has 4 heteroatoms. The molecule has 1 heterocycles. The van der Waals surface area contributed by atoms with Crippen LogP contribution in [0.5, 0.6) is 5.75 Å². The number of hydrogen-bond acceptors (Lipinski definition) is 3. The fourth-order valence-electron chi connectivity index (χ4n) is 2.48. The van der Waals surface area contributed by atoms with E-state index in [2.05, 4.69) is 5.32 Å². The number of hydrogen-bond donors (Lipinski definition) is 1. The molecule has 0 radical (unpaired) electrons. The van der Waals surface area contributed by atoms with Crippen LogP contribution in [0.25, 0.3) is 0 Å². The molecule has 0 bridgehead atoms. The van der Waals surface area contributed by atoms with Gasteiger partial charge < -0.3 is 14.8 Å². The highest BCUT2D eigenvalue weighted by Crippen LogP contribution is 2.21. The maximum absolute atomic E-state index is 5.91. The van der Waals surface area contributed by atoms with Crippen molar-refractivity contribution in [2.75, 3.05) is 26.4 Å². The predicted molar refractivity (Wildman–Crippen MR) is 82.8 cm³/mol. The number of rotatable bonds is 7. The third-order valence-electron chi connectivity index (χ3n) is 3.65. The Labute approximate surface area is 126 Å². The molecule has 0 amide bonds. The van der Waals surface area contributed by atoms with Crippen molar-refractivity contribution in [3.8, 4) is 5.75 Å². The van der Waals surface area contributed by atoms with E-state index in [-0.39, 0.29) is 0 Å². The van der Waals surface area contributed by atoms with Crippen LogP contribution in [0, 0.1) is 6.92 Å². The van der Waals surface area contributed by atoms with Gasteiger partial charge in [-0.2, -0.15) is 0 Å². The molecule has 1 saturated heterocycles. The van der Waals surface area contributed by atoms with Gasteiger partial charge in [-0.15, -0.1) is 0 Å². The lowest BCUT2D eigenvalue weighted by molar-refractivity contribution is 0.0909. The zero-order valence-corrected chi connectivity index (χ0v) is 12.9. The average Bonchev–Trinajstić information content (AvgIpc) is 2.46. The quantitative estimate of drug-likeness (QED) is 0.780. The van der Waals surface area contributed by atoms with Crippen molar-refractivity contribution in [2.45, 2.75) is 38.6 Å². The summed E-state index contributed by atoms with van der Waals surface area (Å²) in [5.74, 6) is 0.881. The summed E-state index contributed by atoms with van der Waals surface area (Å²) in [6.07, 6.45) is 5.03.